The highest BCUT2D eigenvalue weighted by molar-refractivity contribution is 8.00. The number of sulfonamides is 1. The van der Waals surface area contributed by atoms with Gasteiger partial charge in [-0.25, -0.2) is 13.2 Å². The zero-order valence-corrected chi connectivity index (χ0v) is 22.9. The van der Waals surface area contributed by atoms with Crippen molar-refractivity contribution in [2.75, 3.05) is 19.7 Å². The van der Waals surface area contributed by atoms with Crippen molar-refractivity contribution in [1.82, 2.24) is 4.31 Å². The van der Waals surface area contributed by atoms with Crippen LogP contribution in [0.3, 0.4) is 0 Å². The van der Waals surface area contributed by atoms with E-state index < -0.39 is 16.0 Å². The van der Waals surface area contributed by atoms with Gasteiger partial charge in [-0.1, -0.05) is 44.4 Å². The van der Waals surface area contributed by atoms with E-state index in [1.807, 2.05) is 39.0 Å². The van der Waals surface area contributed by atoms with Crippen LogP contribution < -0.4 is 4.74 Å². The lowest BCUT2D eigenvalue weighted by atomic mass is 9.98. The van der Waals surface area contributed by atoms with E-state index in [0.29, 0.717) is 36.2 Å². The first kappa shape index (κ1) is 27.8. The van der Waals surface area contributed by atoms with Crippen molar-refractivity contribution in [3.63, 3.8) is 0 Å². The fraction of sp³-hybridized carbons (Fsp3) is 0.500. The van der Waals surface area contributed by atoms with Gasteiger partial charge in [-0.2, -0.15) is 4.31 Å². The molecular weight excluding hydrogens is 506 g/mol. The summed E-state index contributed by atoms with van der Waals surface area (Å²) in [5.41, 5.74) is 1.89. The first-order chi connectivity index (χ1) is 16.6. The predicted octanol–water partition coefficient (Wildman–Crippen LogP) is 6.35. The quantitative estimate of drug-likeness (QED) is 0.316. The summed E-state index contributed by atoms with van der Waals surface area (Å²) < 4.78 is 33.9. The summed E-state index contributed by atoms with van der Waals surface area (Å²) in [5, 5.41) is 9.34. The van der Waals surface area contributed by atoms with Gasteiger partial charge in [-0.15, -0.1) is 11.8 Å². The number of aryl methyl sites for hydroxylation is 1. The molecule has 2 aromatic rings. The Morgan fingerprint density at radius 1 is 1.23 bits per heavy atom. The lowest BCUT2D eigenvalue weighted by Crippen LogP contribution is -2.36. The topological polar surface area (TPSA) is 83.9 Å². The SMILES string of the molecule is CCCN(CC(C)Sc1ccc(OCC(=O)O)c(C)c1)S(=O)(=O)c1ccc(C2CCCC2)c(Cl)c1. The van der Waals surface area contributed by atoms with Crippen LogP contribution in [0.25, 0.3) is 0 Å². The number of ether oxygens (including phenoxy) is 1. The Morgan fingerprint density at radius 2 is 1.94 bits per heavy atom. The summed E-state index contributed by atoms with van der Waals surface area (Å²) in [5.74, 6) is -0.0764. The summed E-state index contributed by atoms with van der Waals surface area (Å²) in [6, 6.07) is 10.8. The van der Waals surface area contributed by atoms with E-state index in [4.69, 9.17) is 21.4 Å². The van der Waals surface area contributed by atoms with Crippen LogP contribution in [0.5, 0.6) is 5.75 Å². The van der Waals surface area contributed by atoms with Gasteiger partial charge in [0, 0.05) is 28.3 Å². The summed E-state index contributed by atoms with van der Waals surface area (Å²) in [6.07, 6.45) is 5.31. The highest BCUT2D eigenvalue weighted by Gasteiger charge is 2.28. The number of aliphatic carboxylic acids is 1. The van der Waals surface area contributed by atoms with Crippen LogP contribution in [0, 0.1) is 6.92 Å². The zero-order chi connectivity index (χ0) is 25.6. The zero-order valence-electron chi connectivity index (χ0n) is 20.5. The Morgan fingerprint density at radius 3 is 2.54 bits per heavy atom. The molecule has 192 valence electrons. The average molecular weight is 540 g/mol. The van der Waals surface area contributed by atoms with E-state index in [2.05, 4.69) is 0 Å². The third kappa shape index (κ3) is 7.38. The smallest absolute Gasteiger partial charge is 0.341 e. The molecule has 2 aromatic carbocycles. The summed E-state index contributed by atoms with van der Waals surface area (Å²) in [7, 11) is -3.68. The van der Waals surface area contributed by atoms with E-state index in [-0.39, 0.29) is 16.8 Å². The van der Waals surface area contributed by atoms with Crippen molar-refractivity contribution in [2.24, 2.45) is 0 Å². The molecule has 0 aliphatic heterocycles. The number of hydrogen-bond acceptors (Lipinski definition) is 5. The van der Waals surface area contributed by atoms with E-state index in [1.54, 1.807) is 34.3 Å². The Bertz CT molecular complexity index is 1130. The standard InChI is InChI=1S/C26H34ClNO5S2/c1-4-13-28(16-19(3)34-21-9-12-25(18(2)14-21)33-17-26(29)30)35(31,32)22-10-11-23(24(27)15-22)20-7-5-6-8-20/h9-12,14-15,19-20H,4-8,13,16-17H2,1-3H3,(H,29,30). The summed E-state index contributed by atoms with van der Waals surface area (Å²) in [6.45, 7) is 6.23. The molecule has 1 saturated carbocycles. The molecule has 0 heterocycles. The number of carbonyl (C=O) groups is 1. The normalized spacial score (nSPS) is 15.5. The number of carboxylic acids is 1. The van der Waals surface area contributed by atoms with Crippen LogP contribution in [0.15, 0.2) is 46.2 Å². The predicted molar refractivity (Wildman–Crippen MR) is 141 cm³/mol. The molecule has 1 aliphatic rings. The van der Waals surface area contributed by atoms with Gasteiger partial charge in [-0.05, 0) is 73.6 Å². The van der Waals surface area contributed by atoms with Gasteiger partial charge in [0.05, 0.1) is 4.90 Å². The number of benzene rings is 2. The molecule has 9 heteroatoms. The van der Waals surface area contributed by atoms with Gasteiger partial charge < -0.3 is 9.84 Å². The molecule has 1 unspecified atom stereocenters. The number of rotatable bonds is 12. The number of halogens is 1. The van der Waals surface area contributed by atoms with Gasteiger partial charge in [0.15, 0.2) is 6.61 Å². The third-order valence-corrected chi connectivity index (χ3v) is 9.44. The Hall–Kier alpha value is -1.74. The average Bonchev–Trinajstić information content (AvgIpc) is 3.32. The largest absolute Gasteiger partial charge is 0.482 e. The number of nitrogens with zero attached hydrogens (tertiary/aromatic N) is 1. The summed E-state index contributed by atoms with van der Waals surface area (Å²) in [4.78, 5) is 12.0. The molecule has 1 aliphatic carbocycles. The van der Waals surface area contributed by atoms with Crippen molar-refractivity contribution >= 4 is 39.4 Å². The second-order valence-electron chi connectivity index (χ2n) is 9.07. The number of thioether (sulfide) groups is 1. The van der Waals surface area contributed by atoms with Crippen LogP contribution in [0.1, 0.15) is 63.0 Å². The van der Waals surface area contributed by atoms with E-state index in [9.17, 15) is 13.2 Å². The van der Waals surface area contributed by atoms with Gasteiger partial charge in [-0.3, -0.25) is 0 Å². The van der Waals surface area contributed by atoms with Crippen molar-refractivity contribution in [3.8, 4) is 5.75 Å². The van der Waals surface area contributed by atoms with E-state index in [1.165, 1.54) is 12.8 Å². The number of hydrogen-bond donors (Lipinski definition) is 1. The highest BCUT2D eigenvalue weighted by Crippen LogP contribution is 2.38. The molecule has 6 nitrogen and oxygen atoms in total. The fourth-order valence-corrected chi connectivity index (χ4v) is 7.75. The Labute approximate surface area is 218 Å². The van der Waals surface area contributed by atoms with Crippen molar-refractivity contribution < 1.29 is 23.1 Å². The lowest BCUT2D eigenvalue weighted by molar-refractivity contribution is -0.139. The van der Waals surface area contributed by atoms with Gasteiger partial charge in [0.1, 0.15) is 5.75 Å². The monoisotopic (exact) mass is 539 g/mol. The third-order valence-electron chi connectivity index (χ3n) is 6.17. The van der Waals surface area contributed by atoms with Crippen LogP contribution in [-0.2, 0) is 14.8 Å². The van der Waals surface area contributed by atoms with Crippen LogP contribution in [0.2, 0.25) is 5.02 Å². The second kappa shape index (κ2) is 12.5. The Balaban J connectivity index is 1.71. The maximum atomic E-state index is 13.5. The molecule has 1 N–H and O–H groups in total. The minimum absolute atomic E-state index is 0.00486. The van der Waals surface area contributed by atoms with E-state index >= 15 is 0 Å². The molecule has 1 fully saturated rings. The van der Waals surface area contributed by atoms with Crippen LogP contribution >= 0.6 is 23.4 Å². The number of carboxylic acid groups (broad SMARTS) is 1. The van der Waals surface area contributed by atoms with E-state index in [0.717, 1.165) is 28.9 Å². The first-order valence-electron chi connectivity index (χ1n) is 12.0. The Kier molecular flexibility index (Phi) is 9.93. The van der Waals surface area contributed by atoms with Gasteiger partial charge >= 0.3 is 5.97 Å². The van der Waals surface area contributed by atoms with Crippen molar-refractivity contribution in [3.05, 3.63) is 52.5 Å². The molecule has 0 aromatic heterocycles. The molecule has 1 atom stereocenters. The summed E-state index contributed by atoms with van der Waals surface area (Å²) >= 11 is 8.12. The molecule has 0 bridgehead atoms. The molecule has 0 amide bonds. The first-order valence-corrected chi connectivity index (χ1v) is 14.7. The van der Waals surface area contributed by atoms with Gasteiger partial charge in [0.2, 0.25) is 10.0 Å². The highest BCUT2D eigenvalue weighted by atomic mass is 35.5. The van der Waals surface area contributed by atoms with Crippen LogP contribution in [-0.4, -0.2) is 48.7 Å². The van der Waals surface area contributed by atoms with Crippen molar-refractivity contribution in [2.45, 2.75) is 73.8 Å². The maximum Gasteiger partial charge on any atom is 0.341 e. The molecular formula is C26H34ClNO5S2. The fourth-order valence-electron chi connectivity index (χ4n) is 4.50. The van der Waals surface area contributed by atoms with Crippen LogP contribution in [0.4, 0.5) is 0 Å². The molecule has 0 radical (unpaired) electrons. The lowest BCUT2D eigenvalue weighted by Gasteiger charge is -2.25. The van der Waals surface area contributed by atoms with Crippen molar-refractivity contribution in [1.29, 1.82) is 0 Å². The molecule has 0 spiro atoms. The molecule has 3 rings (SSSR count). The maximum absolute atomic E-state index is 13.5. The molecule has 0 saturated heterocycles. The minimum atomic E-state index is -3.68. The minimum Gasteiger partial charge on any atom is -0.482 e. The molecule has 35 heavy (non-hydrogen) atoms. The second-order valence-corrected chi connectivity index (χ2v) is 12.9. The van der Waals surface area contributed by atoms with Gasteiger partial charge in [0.25, 0.3) is 0 Å².